The minimum Gasteiger partial charge on any atom is -0.379 e. The first-order valence-corrected chi connectivity index (χ1v) is 7.73. The van der Waals surface area contributed by atoms with E-state index in [2.05, 4.69) is 31.4 Å². The standard InChI is InChI=1S/C16H27N3O2/c1-5-11-17-14-7-6-8-15(16(14)19(20)21)18-13(4)10-9-12(2)3/h6-8,12-13,17-18H,5,9-11H2,1-4H3. The van der Waals surface area contributed by atoms with Crippen LogP contribution in [0.5, 0.6) is 0 Å². The quantitative estimate of drug-likeness (QED) is 0.513. The van der Waals surface area contributed by atoms with E-state index in [0.29, 0.717) is 17.3 Å². The van der Waals surface area contributed by atoms with E-state index in [1.54, 1.807) is 12.1 Å². The first-order valence-electron chi connectivity index (χ1n) is 7.73. The number of hydrogen-bond acceptors (Lipinski definition) is 4. The van der Waals surface area contributed by atoms with Crippen molar-refractivity contribution >= 4 is 17.1 Å². The number of nitro groups is 1. The number of benzene rings is 1. The summed E-state index contributed by atoms with van der Waals surface area (Å²) in [4.78, 5) is 11.1. The largest absolute Gasteiger partial charge is 0.379 e. The molecule has 1 atom stereocenters. The van der Waals surface area contributed by atoms with E-state index in [1.165, 1.54) is 0 Å². The van der Waals surface area contributed by atoms with E-state index >= 15 is 0 Å². The molecule has 0 saturated heterocycles. The number of nitrogens with zero attached hydrogens (tertiary/aromatic N) is 1. The maximum absolute atomic E-state index is 11.4. The molecule has 0 fully saturated rings. The number of hydrogen-bond donors (Lipinski definition) is 2. The zero-order valence-electron chi connectivity index (χ0n) is 13.5. The molecule has 0 bridgehead atoms. The van der Waals surface area contributed by atoms with Crippen LogP contribution in [-0.4, -0.2) is 17.5 Å². The molecule has 5 nitrogen and oxygen atoms in total. The second kappa shape index (κ2) is 8.49. The average Bonchev–Trinajstić information content (AvgIpc) is 2.42. The number of nitrogens with one attached hydrogen (secondary N) is 2. The molecule has 1 aromatic carbocycles. The van der Waals surface area contributed by atoms with Gasteiger partial charge in [-0.15, -0.1) is 0 Å². The number of para-hydroxylation sites is 1. The van der Waals surface area contributed by atoms with Gasteiger partial charge in [-0.1, -0.05) is 26.8 Å². The van der Waals surface area contributed by atoms with Crippen LogP contribution < -0.4 is 10.6 Å². The lowest BCUT2D eigenvalue weighted by atomic mass is 10.0. The molecule has 5 heteroatoms. The predicted octanol–water partition coefficient (Wildman–Crippen LogP) is 4.65. The molecule has 1 aromatic rings. The van der Waals surface area contributed by atoms with Gasteiger partial charge in [-0.3, -0.25) is 10.1 Å². The van der Waals surface area contributed by atoms with Crippen molar-refractivity contribution in [3.63, 3.8) is 0 Å². The van der Waals surface area contributed by atoms with Crippen LogP contribution in [0.25, 0.3) is 0 Å². The van der Waals surface area contributed by atoms with Crippen LogP contribution in [-0.2, 0) is 0 Å². The molecule has 0 aromatic heterocycles. The summed E-state index contributed by atoms with van der Waals surface area (Å²) in [6.07, 6.45) is 3.04. The predicted molar refractivity (Wildman–Crippen MR) is 89.0 cm³/mol. The fourth-order valence-corrected chi connectivity index (χ4v) is 2.18. The van der Waals surface area contributed by atoms with Crippen molar-refractivity contribution in [1.82, 2.24) is 0 Å². The SMILES string of the molecule is CCCNc1cccc(NC(C)CCC(C)C)c1[N+](=O)[O-]. The van der Waals surface area contributed by atoms with Crippen LogP contribution >= 0.6 is 0 Å². The minimum atomic E-state index is -0.310. The second-order valence-corrected chi connectivity index (χ2v) is 5.90. The Bertz CT molecular complexity index is 461. The molecular weight excluding hydrogens is 266 g/mol. The van der Waals surface area contributed by atoms with Crippen LogP contribution in [0, 0.1) is 16.0 Å². The molecule has 118 valence electrons. The van der Waals surface area contributed by atoms with Gasteiger partial charge in [-0.2, -0.15) is 0 Å². The minimum absolute atomic E-state index is 0.141. The van der Waals surface area contributed by atoms with E-state index < -0.39 is 0 Å². The van der Waals surface area contributed by atoms with Crippen LogP contribution in [0.4, 0.5) is 17.1 Å². The Morgan fingerprint density at radius 1 is 1.19 bits per heavy atom. The van der Waals surface area contributed by atoms with Crippen molar-refractivity contribution in [2.24, 2.45) is 5.92 Å². The third-order valence-electron chi connectivity index (χ3n) is 3.36. The fourth-order valence-electron chi connectivity index (χ4n) is 2.18. The molecule has 0 aliphatic heterocycles. The van der Waals surface area contributed by atoms with Gasteiger partial charge in [-0.25, -0.2) is 0 Å². The van der Waals surface area contributed by atoms with Crippen molar-refractivity contribution in [2.75, 3.05) is 17.2 Å². The summed E-state index contributed by atoms with van der Waals surface area (Å²) in [5.41, 5.74) is 1.32. The zero-order chi connectivity index (χ0) is 15.8. The Balaban J connectivity index is 2.87. The summed E-state index contributed by atoms with van der Waals surface area (Å²) < 4.78 is 0. The maximum Gasteiger partial charge on any atom is 0.315 e. The Labute approximate surface area is 127 Å². The van der Waals surface area contributed by atoms with E-state index in [1.807, 2.05) is 13.0 Å². The number of nitro benzene ring substituents is 1. The molecule has 2 N–H and O–H groups in total. The first-order chi connectivity index (χ1) is 9.95. The zero-order valence-corrected chi connectivity index (χ0v) is 13.5. The van der Waals surface area contributed by atoms with E-state index in [0.717, 1.165) is 25.8 Å². The average molecular weight is 293 g/mol. The molecule has 0 aliphatic carbocycles. The lowest BCUT2D eigenvalue weighted by Crippen LogP contribution is -2.17. The molecule has 0 spiro atoms. The van der Waals surface area contributed by atoms with Gasteiger partial charge in [0.15, 0.2) is 0 Å². The molecular formula is C16H27N3O2. The highest BCUT2D eigenvalue weighted by Gasteiger charge is 2.20. The fraction of sp³-hybridized carbons (Fsp3) is 0.625. The number of anilines is 2. The molecule has 0 radical (unpaired) electrons. The lowest BCUT2D eigenvalue weighted by molar-refractivity contribution is -0.383. The van der Waals surface area contributed by atoms with Gasteiger partial charge < -0.3 is 10.6 Å². The summed E-state index contributed by atoms with van der Waals surface area (Å²) in [6, 6.07) is 5.61. The second-order valence-electron chi connectivity index (χ2n) is 5.90. The molecule has 0 aliphatic rings. The first kappa shape index (κ1) is 17.3. The number of rotatable bonds is 9. The van der Waals surface area contributed by atoms with Crippen LogP contribution in [0.15, 0.2) is 18.2 Å². The Hall–Kier alpha value is -1.78. The van der Waals surface area contributed by atoms with Crippen molar-refractivity contribution in [3.05, 3.63) is 28.3 Å². The summed E-state index contributed by atoms with van der Waals surface area (Å²) >= 11 is 0. The van der Waals surface area contributed by atoms with Crippen LogP contribution in [0.1, 0.15) is 47.0 Å². The Morgan fingerprint density at radius 3 is 2.43 bits per heavy atom. The highest BCUT2D eigenvalue weighted by molar-refractivity contribution is 5.76. The molecule has 0 saturated carbocycles. The van der Waals surface area contributed by atoms with Crippen molar-refractivity contribution in [1.29, 1.82) is 0 Å². The van der Waals surface area contributed by atoms with Gasteiger partial charge in [0.1, 0.15) is 11.4 Å². The topological polar surface area (TPSA) is 67.2 Å². The van der Waals surface area contributed by atoms with Gasteiger partial charge in [0, 0.05) is 12.6 Å². The van der Waals surface area contributed by atoms with E-state index in [9.17, 15) is 10.1 Å². The van der Waals surface area contributed by atoms with Crippen LogP contribution in [0.3, 0.4) is 0 Å². The van der Waals surface area contributed by atoms with Gasteiger partial charge >= 0.3 is 5.69 Å². The molecule has 0 amide bonds. The van der Waals surface area contributed by atoms with Gasteiger partial charge in [0.05, 0.1) is 4.92 Å². The molecule has 0 heterocycles. The summed E-state index contributed by atoms with van der Waals surface area (Å²) in [5, 5.41) is 17.8. The third kappa shape index (κ3) is 5.61. The van der Waals surface area contributed by atoms with Gasteiger partial charge in [0.25, 0.3) is 0 Å². The van der Waals surface area contributed by atoms with Crippen molar-refractivity contribution in [2.45, 2.75) is 53.0 Å². The summed E-state index contributed by atoms with van der Waals surface area (Å²) in [7, 11) is 0. The van der Waals surface area contributed by atoms with Crippen LogP contribution in [0.2, 0.25) is 0 Å². The third-order valence-corrected chi connectivity index (χ3v) is 3.36. The Kier molecular flexibility index (Phi) is 6.99. The van der Waals surface area contributed by atoms with E-state index in [-0.39, 0.29) is 16.7 Å². The highest BCUT2D eigenvalue weighted by Crippen LogP contribution is 2.33. The molecule has 1 unspecified atom stereocenters. The highest BCUT2D eigenvalue weighted by atomic mass is 16.6. The van der Waals surface area contributed by atoms with Crippen molar-refractivity contribution < 1.29 is 4.92 Å². The summed E-state index contributed by atoms with van der Waals surface area (Å²) in [6.45, 7) is 9.20. The Morgan fingerprint density at radius 2 is 1.86 bits per heavy atom. The smallest absolute Gasteiger partial charge is 0.315 e. The summed E-state index contributed by atoms with van der Waals surface area (Å²) in [5.74, 6) is 0.641. The van der Waals surface area contributed by atoms with E-state index in [4.69, 9.17) is 0 Å². The van der Waals surface area contributed by atoms with Crippen molar-refractivity contribution in [3.8, 4) is 0 Å². The maximum atomic E-state index is 11.4. The monoisotopic (exact) mass is 293 g/mol. The molecule has 1 rings (SSSR count). The van der Waals surface area contributed by atoms with Gasteiger partial charge in [-0.05, 0) is 44.2 Å². The van der Waals surface area contributed by atoms with Gasteiger partial charge in [0.2, 0.25) is 0 Å². The molecule has 21 heavy (non-hydrogen) atoms. The lowest BCUT2D eigenvalue weighted by Gasteiger charge is -2.17. The normalized spacial score (nSPS) is 12.2.